The number of amides is 1. The van der Waals surface area contributed by atoms with Gasteiger partial charge in [-0.1, -0.05) is 44.2 Å². The van der Waals surface area contributed by atoms with Crippen LogP contribution < -0.4 is 10.9 Å². The summed E-state index contributed by atoms with van der Waals surface area (Å²) >= 11 is 5.71. The molecule has 61 heavy (non-hydrogen) atoms. The summed E-state index contributed by atoms with van der Waals surface area (Å²) in [6.45, 7) is -2.16. The van der Waals surface area contributed by atoms with Gasteiger partial charge in [0.2, 0.25) is 11.9 Å². The Morgan fingerprint density at radius 2 is 1.95 bits per heavy atom. The predicted molar refractivity (Wildman–Crippen MR) is 212 cm³/mol. The van der Waals surface area contributed by atoms with Crippen LogP contribution in [-0.4, -0.2) is 101 Å². The van der Waals surface area contributed by atoms with Crippen LogP contribution in [0.4, 0.5) is 14.7 Å². The molecule has 2 fully saturated rings. The normalized spacial score (nSPS) is 23.8. The number of halogens is 2. The van der Waals surface area contributed by atoms with Gasteiger partial charge < -0.3 is 32.7 Å². The zero-order valence-corrected chi connectivity index (χ0v) is 34.8. The van der Waals surface area contributed by atoms with Gasteiger partial charge in [0.25, 0.3) is 5.56 Å². The van der Waals surface area contributed by atoms with Crippen LogP contribution in [0.25, 0.3) is 22.2 Å². The van der Waals surface area contributed by atoms with Gasteiger partial charge in [-0.2, -0.15) is 10.2 Å². The van der Waals surface area contributed by atoms with Crippen molar-refractivity contribution in [2.75, 3.05) is 25.1 Å². The van der Waals surface area contributed by atoms with Gasteiger partial charge in [-0.15, -0.1) is 0 Å². The fraction of sp³-hybridized carbons (Fsp3) is 0.444. The van der Waals surface area contributed by atoms with Crippen LogP contribution in [0.1, 0.15) is 55.2 Å². The summed E-state index contributed by atoms with van der Waals surface area (Å²) < 4.78 is 81.1. The largest absolute Gasteiger partial charge is 0.394 e. The number of fused-ring (bicyclic) bond motifs is 2. The maximum absolute atomic E-state index is 16.1. The number of carbonyl (C=O) groups is 2. The Hall–Kier alpha value is -4.85. The van der Waals surface area contributed by atoms with E-state index in [2.05, 4.69) is 30.2 Å². The quantitative estimate of drug-likeness (QED) is 0.0626. The lowest BCUT2D eigenvalue weighted by molar-refractivity contribution is -0.118. The number of carbonyl (C=O) groups excluding carboxylic acids is 2. The van der Waals surface area contributed by atoms with Crippen LogP contribution in [0.5, 0.6) is 0 Å². The number of imidazole rings is 1. The van der Waals surface area contributed by atoms with Gasteiger partial charge >= 0.3 is 15.4 Å². The van der Waals surface area contributed by atoms with E-state index in [0.717, 1.165) is 12.5 Å². The van der Waals surface area contributed by atoms with Crippen LogP contribution in [0, 0.1) is 23.1 Å². The monoisotopic (exact) mass is 903 g/mol. The van der Waals surface area contributed by atoms with Gasteiger partial charge in [-0.25, -0.2) is 28.3 Å². The van der Waals surface area contributed by atoms with Crippen LogP contribution in [0.2, 0.25) is 0 Å². The minimum absolute atomic E-state index is 0.00701. The zero-order valence-electron chi connectivity index (χ0n) is 32.2. The summed E-state index contributed by atoms with van der Waals surface area (Å²) in [6.07, 6.45) is -6.51. The number of ketones is 1. The first-order valence-electron chi connectivity index (χ1n) is 18.7. The SMILES string of the molecule is CC(C)C(=O)Nc1nc2c(ncn2[C@@H]2O[C@H](COP(=S)(OCCC#N)O[C@H]3C[C@H](n4cc(F)c5c(CC(=O)c6ccccc6)ncnc54)O[C@@H]3CO)[C@@H](F)[C@H]2OP=O)c(=O)[nH]1. The van der Waals surface area contributed by atoms with Crippen LogP contribution in [0.3, 0.4) is 0 Å². The van der Waals surface area contributed by atoms with Crippen molar-refractivity contribution in [3.05, 3.63) is 76.6 Å². The van der Waals surface area contributed by atoms with E-state index >= 15 is 8.78 Å². The van der Waals surface area contributed by atoms with E-state index in [1.54, 1.807) is 44.2 Å². The molecule has 322 valence electrons. The molecular formula is C36H37F2N9O11P2S. The van der Waals surface area contributed by atoms with Gasteiger partial charge in [0, 0.05) is 24.1 Å². The van der Waals surface area contributed by atoms with Crippen molar-refractivity contribution >= 4 is 67.0 Å². The average molecular weight is 904 g/mol. The van der Waals surface area contributed by atoms with E-state index in [9.17, 15) is 29.3 Å². The molecule has 7 rings (SSSR count). The molecule has 25 heteroatoms. The fourth-order valence-electron chi connectivity index (χ4n) is 6.76. The van der Waals surface area contributed by atoms with Gasteiger partial charge in [-0.3, -0.25) is 33.8 Å². The second-order valence-corrected chi connectivity index (χ2v) is 17.4. The predicted octanol–water partition coefficient (Wildman–Crippen LogP) is 4.39. The van der Waals surface area contributed by atoms with Crippen LogP contribution >= 0.6 is 15.4 Å². The van der Waals surface area contributed by atoms with Gasteiger partial charge in [0.05, 0.1) is 62.2 Å². The smallest absolute Gasteiger partial charge is 0.327 e. The number of alkyl halides is 1. The van der Waals surface area contributed by atoms with E-state index in [-0.39, 0.29) is 65.5 Å². The van der Waals surface area contributed by atoms with E-state index in [4.69, 9.17) is 39.4 Å². The van der Waals surface area contributed by atoms with Gasteiger partial charge in [0.15, 0.2) is 41.3 Å². The molecule has 0 radical (unpaired) electrons. The number of aromatic amines is 1. The van der Waals surface area contributed by atoms with Crippen molar-refractivity contribution in [2.45, 2.75) is 76.2 Å². The standard InChI is InChI=1S/C36H37F2N9O11P2S/c1-18(2)33(50)44-36-43-32-29(34(51)45-36)42-17-47(32)35-30(57-59-52)28(38)25(56-35)15-54-60(61,53-10-6-9-39)58-23-12-26(55-24(23)14-48)46-13-20(37)27-21(40-16-41-31(27)46)11-22(49)19-7-4-3-5-8-19/h3-5,7-8,13,16-18,23-26,28,30,35,48H,6,10-12,14-15H2,1-2H3,(H2,43,44,45,50,51)/t23-,24+,25+,26+,28+,30+,35+,60?/m0/s1. The Kier molecular flexibility index (Phi) is 13.8. The zero-order chi connectivity index (χ0) is 43.4. The molecule has 0 aliphatic carbocycles. The Bertz CT molecular complexity index is 2580. The lowest BCUT2D eigenvalue weighted by Gasteiger charge is -2.27. The van der Waals surface area contributed by atoms with E-state index in [1.165, 1.54) is 15.5 Å². The molecule has 20 nitrogen and oxygen atoms in total. The van der Waals surface area contributed by atoms with Crippen molar-refractivity contribution in [1.82, 2.24) is 34.1 Å². The molecule has 1 unspecified atom stereocenters. The van der Waals surface area contributed by atoms with Crippen molar-refractivity contribution in [3.8, 4) is 6.07 Å². The van der Waals surface area contributed by atoms with Crippen molar-refractivity contribution in [2.24, 2.45) is 5.92 Å². The number of H-pyrrole nitrogens is 1. The van der Waals surface area contributed by atoms with E-state index in [0.29, 0.717) is 5.56 Å². The summed E-state index contributed by atoms with van der Waals surface area (Å²) in [5.41, 5.74) is -0.305. The summed E-state index contributed by atoms with van der Waals surface area (Å²) in [4.78, 5) is 57.3. The lowest BCUT2D eigenvalue weighted by atomic mass is 10.1. The third-order valence-corrected chi connectivity index (χ3v) is 12.5. The number of hydrogen-bond acceptors (Lipinski definition) is 17. The average Bonchev–Trinajstić information content (AvgIpc) is 4.01. The number of benzene rings is 1. The van der Waals surface area contributed by atoms with Crippen LogP contribution in [0.15, 0.2) is 54.0 Å². The number of aromatic nitrogens is 7. The molecule has 0 bridgehead atoms. The van der Waals surface area contributed by atoms with Gasteiger partial charge in [0.1, 0.15) is 30.4 Å². The van der Waals surface area contributed by atoms with Crippen molar-refractivity contribution < 1.29 is 55.6 Å². The van der Waals surface area contributed by atoms with Gasteiger partial charge in [-0.05, 0) is 11.8 Å². The minimum Gasteiger partial charge on any atom is -0.394 e. The molecule has 2 saturated heterocycles. The first-order chi connectivity index (χ1) is 29.3. The third kappa shape index (κ3) is 9.49. The maximum Gasteiger partial charge on any atom is 0.327 e. The molecule has 2 aliphatic heterocycles. The number of Topliss-reactive ketones (excluding diaryl/α,β-unsaturated/α-hetero) is 1. The maximum atomic E-state index is 16.1. The molecule has 6 heterocycles. The molecule has 0 saturated carbocycles. The molecular weight excluding hydrogens is 866 g/mol. The first kappa shape index (κ1) is 44.2. The number of nitrogens with one attached hydrogen (secondary N) is 2. The van der Waals surface area contributed by atoms with E-state index in [1.807, 2.05) is 6.07 Å². The van der Waals surface area contributed by atoms with Crippen LogP contribution in [-0.2, 0) is 55.2 Å². The highest BCUT2D eigenvalue weighted by molar-refractivity contribution is 8.07. The molecule has 5 aromatic rings. The topological polar surface area (TPSA) is 257 Å². The number of nitrogens with zero attached hydrogens (tertiary/aromatic N) is 7. The van der Waals surface area contributed by atoms with Crippen molar-refractivity contribution in [1.29, 1.82) is 5.26 Å². The summed E-state index contributed by atoms with van der Waals surface area (Å²) in [7, 11) is -0.904. The molecule has 8 atom stereocenters. The number of aliphatic hydroxyl groups excluding tert-OH is 1. The number of anilines is 1. The highest BCUT2D eigenvalue weighted by Gasteiger charge is 2.49. The summed E-state index contributed by atoms with van der Waals surface area (Å²) in [5, 5.41) is 22.0. The Morgan fingerprint density at radius 1 is 1.16 bits per heavy atom. The number of nitriles is 1. The Balaban J connectivity index is 1.09. The number of aliphatic hydroxyl groups is 1. The molecule has 4 aromatic heterocycles. The highest BCUT2D eigenvalue weighted by atomic mass is 32.5. The summed E-state index contributed by atoms with van der Waals surface area (Å²) in [6, 6.07) is 10.4. The second-order valence-electron chi connectivity index (χ2n) is 14.1. The van der Waals surface area contributed by atoms with Crippen molar-refractivity contribution in [3.63, 3.8) is 0 Å². The number of ether oxygens (including phenoxy) is 2. The molecule has 1 amide bonds. The minimum atomic E-state index is -3.95. The molecule has 1 aromatic carbocycles. The molecule has 3 N–H and O–H groups in total. The first-order valence-corrected chi connectivity index (χ1v) is 22.0. The third-order valence-electron chi connectivity index (χ3n) is 9.76. The Morgan fingerprint density at radius 3 is 2.67 bits per heavy atom. The second kappa shape index (κ2) is 19.0. The number of hydrogen-bond donors (Lipinski definition) is 3. The fourth-order valence-corrected chi connectivity index (χ4v) is 9.21. The number of rotatable bonds is 18. The van der Waals surface area contributed by atoms with E-state index < -0.39 is 94.9 Å². The molecule has 0 spiro atoms. The summed E-state index contributed by atoms with van der Waals surface area (Å²) in [5.74, 6) is -2.10. The Labute approximate surface area is 351 Å². The molecule has 2 aliphatic rings. The lowest BCUT2D eigenvalue weighted by Crippen LogP contribution is -2.31. The highest BCUT2D eigenvalue weighted by Crippen LogP contribution is 2.54.